The number of nitrogens with one attached hydrogen (secondary N) is 2. The molecule has 2 aromatic rings. The van der Waals surface area contributed by atoms with Crippen LogP contribution in [0.2, 0.25) is 0 Å². The molecule has 1 aliphatic rings. The highest BCUT2D eigenvalue weighted by molar-refractivity contribution is 5.99. The number of nitrogens with zero attached hydrogens (tertiary/aromatic N) is 1. The third kappa shape index (κ3) is 9.61. The SMILES string of the molecule is CC(C)(O)O.CN(C)c1ccccc1C(=O)NC[C@@H]1C[C@H](CNC(=O)c2ccccc2)CO1.[HH].[HH]. The summed E-state index contributed by atoms with van der Waals surface area (Å²) in [5.74, 6) is -1.42. The van der Waals surface area contributed by atoms with Crippen LogP contribution in [-0.2, 0) is 4.74 Å². The van der Waals surface area contributed by atoms with E-state index in [0.717, 1.165) is 12.1 Å². The van der Waals surface area contributed by atoms with E-state index in [1.165, 1.54) is 13.8 Å². The minimum Gasteiger partial charge on any atom is -0.377 e. The van der Waals surface area contributed by atoms with Crippen molar-refractivity contribution in [2.24, 2.45) is 5.92 Å². The van der Waals surface area contributed by atoms with Gasteiger partial charge in [0.2, 0.25) is 0 Å². The Labute approximate surface area is 198 Å². The molecule has 2 amide bonds. The van der Waals surface area contributed by atoms with Gasteiger partial charge in [-0.2, -0.15) is 0 Å². The van der Waals surface area contributed by atoms with Crippen molar-refractivity contribution >= 4 is 17.5 Å². The maximum Gasteiger partial charge on any atom is 0.253 e. The first-order valence-corrected chi connectivity index (χ1v) is 11.0. The lowest BCUT2D eigenvalue weighted by atomic mass is 10.1. The van der Waals surface area contributed by atoms with E-state index in [1.54, 1.807) is 12.1 Å². The molecular formula is C25H39N3O5. The fourth-order valence-electron chi connectivity index (χ4n) is 3.35. The second-order valence-corrected chi connectivity index (χ2v) is 8.75. The number of ether oxygens (including phenoxy) is 1. The van der Waals surface area contributed by atoms with E-state index in [2.05, 4.69) is 10.6 Å². The van der Waals surface area contributed by atoms with E-state index in [0.29, 0.717) is 30.8 Å². The maximum atomic E-state index is 12.5. The van der Waals surface area contributed by atoms with Gasteiger partial charge in [0.25, 0.3) is 11.8 Å². The minimum atomic E-state index is -1.50. The molecule has 8 nitrogen and oxygen atoms in total. The van der Waals surface area contributed by atoms with Gasteiger partial charge in [0.15, 0.2) is 5.79 Å². The van der Waals surface area contributed by atoms with Gasteiger partial charge in [0, 0.05) is 47.2 Å². The Hall–Kier alpha value is -2.94. The van der Waals surface area contributed by atoms with Crippen LogP contribution in [0, 0.1) is 5.92 Å². The number of amides is 2. The van der Waals surface area contributed by atoms with Gasteiger partial charge in [0.1, 0.15) is 0 Å². The highest BCUT2D eigenvalue weighted by Gasteiger charge is 2.26. The lowest BCUT2D eigenvalue weighted by Crippen LogP contribution is -2.33. The van der Waals surface area contributed by atoms with Crippen molar-refractivity contribution in [3.8, 4) is 0 Å². The molecule has 33 heavy (non-hydrogen) atoms. The predicted molar refractivity (Wildman–Crippen MR) is 132 cm³/mol. The van der Waals surface area contributed by atoms with Crippen LogP contribution in [0.5, 0.6) is 0 Å². The normalized spacial score (nSPS) is 17.5. The minimum absolute atomic E-state index is 0. The molecule has 0 spiro atoms. The standard InChI is InChI=1S/C22H27N3O3.C3H8O2.2H2/c1-25(2)20-11-7-6-10-19(20)22(27)24-14-18-12-16(15-28-18)13-23-21(26)17-8-4-3-5-9-17;1-3(2,4)5;;/h3-11,16,18H,12-15H2,1-2H3,(H,23,26)(H,24,27);4-5H,1-2H3;2*1H/t16-,18+;;;/m1.../s1. The fourth-order valence-corrected chi connectivity index (χ4v) is 3.35. The number of carbonyl (C=O) groups is 2. The molecule has 184 valence electrons. The van der Waals surface area contributed by atoms with Gasteiger partial charge in [-0.05, 0) is 44.5 Å². The highest BCUT2D eigenvalue weighted by atomic mass is 16.5. The first-order valence-electron chi connectivity index (χ1n) is 11.0. The molecule has 2 atom stereocenters. The second kappa shape index (κ2) is 12.3. The summed E-state index contributed by atoms with van der Waals surface area (Å²) >= 11 is 0. The molecule has 0 bridgehead atoms. The fraction of sp³-hybridized carbons (Fsp3) is 0.440. The van der Waals surface area contributed by atoms with Crippen molar-refractivity contribution in [3.05, 3.63) is 65.7 Å². The molecule has 0 aliphatic carbocycles. The van der Waals surface area contributed by atoms with Crippen LogP contribution < -0.4 is 15.5 Å². The van der Waals surface area contributed by atoms with Crippen LogP contribution in [0.15, 0.2) is 54.6 Å². The first-order chi connectivity index (χ1) is 15.5. The van der Waals surface area contributed by atoms with Crippen LogP contribution in [0.1, 0.15) is 43.8 Å². The number of para-hydroxylation sites is 1. The number of hydrogen-bond acceptors (Lipinski definition) is 6. The summed E-state index contributed by atoms with van der Waals surface area (Å²) in [5, 5.41) is 22.1. The van der Waals surface area contributed by atoms with Crippen molar-refractivity contribution in [2.45, 2.75) is 32.2 Å². The largest absolute Gasteiger partial charge is 0.377 e. The summed E-state index contributed by atoms with van der Waals surface area (Å²) in [6.07, 6.45) is 0.777. The van der Waals surface area contributed by atoms with Gasteiger partial charge in [-0.25, -0.2) is 0 Å². The van der Waals surface area contributed by atoms with E-state index >= 15 is 0 Å². The van der Waals surface area contributed by atoms with Gasteiger partial charge in [-0.15, -0.1) is 0 Å². The van der Waals surface area contributed by atoms with Crippen LogP contribution in [0.25, 0.3) is 0 Å². The average Bonchev–Trinajstić information content (AvgIpc) is 3.23. The molecule has 0 radical (unpaired) electrons. The predicted octanol–water partition coefficient (Wildman–Crippen LogP) is 2.52. The molecule has 3 rings (SSSR count). The summed E-state index contributed by atoms with van der Waals surface area (Å²) in [6, 6.07) is 16.7. The maximum absolute atomic E-state index is 12.5. The number of benzene rings is 2. The smallest absolute Gasteiger partial charge is 0.253 e. The van der Waals surface area contributed by atoms with E-state index < -0.39 is 5.79 Å². The molecular weight excluding hydrogens is 422 g/mol. The van der Waals surface area contributed by atoms with E-state index in [9.17, 15) is 9.59 Å². The molecule has 2 aromatic carbocycles. The van der Waals surface area contributed by atoms with Gasteiger partial charge in [0.05, 0.1) is 18.3 Å². The van der Waals surface area contributed by atoms with Crippen LogP contribution in [0.3, 0.4) is 0 Å². The zero-order valence-electron chi connectivity index (χ0n) is 19.7. The van der Waals surface area contributed by atoms with Crippen LogP contribution in [0.4, 0.5) is 5.69 Å². The van der Waals surface area contributed by atoms with Gasteiger partial charge in [-0.3, -0.25) is 9.59 Å². The molecule has 1 fully saturated rings. The van der Waals surface area contributed by atoms with E-state index in [-0.39, 0.29) is 26.7 Å². The molecule has 1 aliphatic heterocycles. The third-order valence-corrected chi connectivity index (χ3v) is 4.87. The Morgan fingerprint density at radius 1 is 1.00 bits per heavy atom. The Morgan fingerprint density at radius 3 is 2.21 bits per heavy atom. The summed E-state index contributed by atoms with van der Waals surface area (Å²) in [5.41, 5.74) is 2.19. The van der Waals surface area contributed by atoms with Crippen LogP contribution >= 0.6 is 0 Å². The molecule has 0 saturated carbocycles. The lowest BCUT2D eigenvalue weighted by molar-refractivity contribution is -0.127. The molecule has 1 heterocycles. The summed E-state index contributed by atoms with van der Waals surface area (Å²) in [4.78, 5) is 26.6. The summed E-state index contributed by atoms with van der Waals surface area (Å²) in [6.45, 7) is 4.22. The van der Waals surface area contributed by atoms with E-state index in [1.807, 2.05) is 61.5 Å². The zero-order valence-corrected chi connectivity index (χ0v) is 19.7. The molecule has 4 N–H and O–H groups in total. The average molecular weight is 462 g/mol. The first kappa shape index (κ1) is 26.3. The summed E-state index contributed by atoms with van der Waals surface area (Å²) in [7, 11) is 3.83. The Kier molecular flexibility index (Phi) is 9.84. The summed E-state index contributed by atoms with van der Waals surface area (Å²) < 4.78 is 5.79. The van der Waals surface area contributed by atoms with Crippen molar-refractivity contribution in [2.75, 3.05) is 38.7 Å². The Morgan fingerprint density at radius 2 is 1.58 bits per heavy atom. The highest BCUT2D eigenvalue weighted by Crippen LogP contribution is 2.20. The van der Waals surface area contributed by atoms with E-state index in [4.69, 9.17) is 14.9 Å². The van der Waals surface area contributed by atoms with Gasteiger partial charge < -0.3 is 30.5 Å². The second-order valence-electron chi connectivity index (χ2n) is 8.75. The third-order valence-electron chi connectivity index (χ3n) is 4.87. The topological polar surface area (TPSA) is 111 Å². The van der Waals surface area contributed by atoms with Crippen molar-refractivity contribution in [1.82, 2.24) is 10.6 Å². The Balaban J connectivity index is 0.00000150. The number of anilines is 1. The monoisotopic (exact) mass is 461 g/mol. The molecule has 1 saturated heterocycles. The molecule has 8 heteroatoms. The lowest BCUT2D eigenvalue weighted by Gasteiger charge is -2.18. The number of hydrogen-bond donors (Lipinski definition) is 4. The quantitative estimate of drug-likeness (QED) is 0.472. The van der Waals surface area contributed by atoms with Crippen LogP contribution in [-0.4, -0.2) is 67.7 Å². The van der Waals surface area contributed by atoms with Gasteiger partial charge in [-0.1, -0.05) is 30.3 Å². The number of rotatable bonds is 7. The number of aliphatic hydroxyl groups is 2. The molecule has 0 aromatic heterocycles. The van der Waals surface area contributed by atoms with Gasteiger partial charge >= 0.3 is 0 Å². The zero-order chi connectivity index (χ0) is 24.4. The molecule has 0 unspecified atom stereocenters. The van der Waals surface area contributed by atoms with Crippen molar-refractivity contribution in [3.63, 3.8) is 0 Å². The Bertz CT molecular complexity index is 901. The van der Waals surface area contributed by atoms with Crippen molar-refractivity contribution < 1.29 is 27.4 Å². The number of carbonyl (C=O) groups excluding carboxylic acids is 2. The van der Waals surface area contributed by atoms with Crippen molar-refractivity contribution in [1.29, 1.82) is 0 Å².